The zero-order valence-corrected chi connectivity index (χ0v) is 19.2. The van der Waals surface area contributed by atoms with Crippen molar-refractivity contribution in [2.45, 2.75) is 58.4 Å². The molecule has 0 bridgehead atoms. The first-order valence-electron chi connectivity index (χ1n) is 12.1. The fourth-order valence-corrected chi connectivity index (χ4v) is 5.21. The number of benzene rings is 1. The molecule has 5 nitrogen and oxygen atoms in total. The molecule has 0 saturated carbocycles. The van der Waals surface area contributed by atoms with Gasteiger partial charge in [-0.05, 0) is 62.6 Å². The van der Waals surface area contributed by atoms with Crippen LogP contribution in [-0.4, -0.2) is 58.0 Å². The lowest BCUT2D eigenvalue weighted by molar-refractivity contribution is -0.134. The third-order valence-electron chi connectivity index (χ3n) is 7.12. The molecule has 31 heavy (non-hydrogen) atoms. The number of rotatable bonds is 7. The fourth-order valence-electron chi connectivity index (χ4n) is 5.21. The highest BCUT2D eigenvalue weighted by Gasteiger charge is 2.26. The summed E-state index contributed by atoms with van der Waals surface area (Å²) in [6, 6.07) is 10.8. The van der Waals surface area contributed by atoms with Crippen molar-refractivity contribution in [1.29, 1.82) is 0 Å². The van der Waals surface area contributed by atoms with Gasteiger partial charge in [-0.15, -0.1) is 0 Å². The van der Waals surface area contributed by atoms with Crippen LogP contribution < -0.4 is 0 Å². The first-order chi connectivity index (χ1) is 15.1. The zero-order chi connectivity index (χ0) is 21.6. The summed E-state index contributed by atoms with van der Waals surface area (Å²) >= 11 is 0. The van der Waals surface area contributed by atoms with Crippen LogP contribution in [0.1, 0.15) is 56.8 Å². The van der Waals surface area contributed by atoms with Crippen LogP contribution in [-0.2, 0) is 17.8 Å². The lowest BCUT2D eigenvalue weighted by atomic mass is 9.90. The molecule has 0 N–H and O–H groups in total. The van der Waals surface area contributed by atoms with Crippen LogP contribution in [0.2, 0.25) is 0 Å². The minimum Gasteiger partial charge on any atom is -0.342 e. The molecule has 4 rings (SSSR count). The van der Waals surface area contributed by atoms with Gasteiger partial charge < -0.3 is 9.47 Å². The summed E-state index contributed by atoms with van der Waals surface area (Å²) in [7, 11) is 0. The van der Waals surface area contributed by atoms with Gasteiger partial charge >= 0.3 is 0 Å². The number of hydrogen-bond acceptors (Lipinski definition) is 3. The maximum atomic E-state index is 12.9. The normalized spacial score (nSPS) is 19.3. The summed E-state index contributed by atoms with van der Waals surface area (Å²) in [5, 5.41) is 0. The van der Waals surface area contributed by atoms with Crippen molar-refractivity contribution < 1.29 is 4.79 Å². The van der Waals surface area contributed by atoms with Gasteiger partial charge in [0.25, 0.3) is 0 Å². The van der Waals surface area contributed by atoms with Crippen LogP contribution in [0.3, 0.4) is 0 Å². The first kappa shape index (κ1) is 22.1. The van der Waals surface area contributed by atoms with Gasteiger partial charge in [-0.1, -0.05) is 44.2 Å². The Bertz CT molecular complexity index is 815. The van der Waals surface area contributed by atoms with Crippen LogP contribution in [0.4, 0.5) is 0 Å². The fraction of sp³-hybridized carbons (Fsp3) is 0.615. The minimum atomic E-state index is 0.327. The molecule has 3 heterocycles. The highest BCUT2D eigenvalue weighted by Crippen LogP contribution is 2.24. The largest absolute Gasteiger partial charge is 0.342 e. The SMILES string of the molecule is CC(C)c1nccn1CC1CCN(CC(=O)N2CCC(Cc3ccccc3)CC2)CC1. The van der Waals surface area contributed by atoms with Gasteiger partial charge in [0, 0.05) is 37.9 Å². The Morgan fingerprint density at radius 1 is 1.00 bits per heavy atom. The number of carbonyl (C=O) groups is 1. The van der Waals surface area contributed by atoms with Crippen molar-refractivity contribution in [3.05, 3.63) is 54.1 Å². The van der Waals surface area contributed by atoms with Gasteiger partial charge in [0.2, 0.25) is 5.91 Å². The highest BCUT2D eigenvalue weighted by atomic mass is 16.2. The summed E-state index contributed by atoms with van der Waals surface area (Å²) in [5.74, 6) is 3.37. The number of amides is 1. The van der Waals surface area contributed by atoms with E-state index in [4.69, 9.17) is 0 Å². The lowest BCUT2D eigenvalue weighted by Crippen LogP contribution is -2.46. The Balaban J connectivity index is 1.17. The molecule has 2 saturated heterocycles. The number of piperidine rings is 2. The van der Waals surface area contributed by atoms with E-state index in [2.05, 4.69) is 69.7 Å². The average Bonchev–Trinajstić information content (AvgIpc) is 3.25. The number of nitrogens with zero attached hydrogens (tertiary/aromatic N) is 4. The molecular weight excluding hydrogens is 384 g/mol. The van der Waals surface area contributed by atoms with E-state index in [1.54, 1.807) is 0 Å². The van der Waals surface area contributed by atoms with E-state index in [0.717, 1.165) is 52.0 Å². The molecule has 5 heteroatoms. The van der Waals surface area contributed by atoms with Gasteiger partial charge in [0.1, 0.15) is 5.82 Å². The highest BCUT2D eigenvalue weighted by molar-refractivity contribution is 5.78. The van der Waals surface area contributed by atoms with E-state index in [1.165, 1.54) is 24.2 Å². The molecule has 1 aromatic heterocycles. The molecule has 2 fully saturated rings. The minimum absolute atomic E-state index is 0.327. The third kappa shape index (κ3) is 5.97. The predicted molar refractivity (Wildman–Crippen MR) is 125 cm³/mol. The molecule has 0 radical (unpaired) electrons. The molecule has 0 aliphatic carbocycles. The molecule has 1 aromatic carbocycles. The molecule has 2 aliphatic rings. The van der Waals surface area contributed by atoms with Gasteiger partial charge in [0.05, 0.1) is 6.54 Å². The Labute approximate surface area is 187 Å². The predicted octanol–water partition coefficient (Wildman–Crippen LogP) is 4.20. The Morgan fingerprint density at radius 2 is 1.68 bits per heavy atom. The summed E-state index contributed by atoms with van der Waals surface area (Å²) in [4.78, 5) is 21.9. The Hall–Kier alpha value is -2.14. The van der Waals surface area contributed by atoms with Crippen LogP contribution >= 0.6 is 0 Å². The number of imidazole rings is 1. The second-order valence-corrected chi connectivity index (χ2v) is 9.83. The van der Waals surface area contributed by atoms with Crippen LogP contribution in [0, 0.1) is 11.8 Å². The monoisotopic (exact) mass is 422 g/mol. The molecule has 2 aliphatic heterocycles. The second-order valence-electron chi connectivity index (χ2n) is 9.83. The smallest absolute Gasteiger partial charge is 0.236 e. The number of likely N-dealkylation sites (tertiary alicyclic amines) is 2. The first-order valence-corrected chi connectivity index (χ1v) is 12.1. The van der Waals surface area contributed by atoms with Crippen molar-refractivity contribution >= 4 is 5.91 Å². The number of aromatic nitrogens is 2. The molecule has 2 aromatic rings. The third-order valence-corrected chi connectivity index (χ3v) is 7.12. The summed E-state index contributed by atoms with van der Waals surface area (Å²) in [6.45, 7) is 9.98. The van der Waals surface area contributed by atoms with Gasteiger partial charge in [0.15, 0.2) is 0 Å². The molecular formula is C26H38N4O. The lowest BCUT2D eigenvalue weighted by Gasteiger charge is -2.36. The van der Waals surface area contributed by atoms with Crippen molar-refractivity contribution in [1.82, 2.24) is 19.4 Å². The summed E-state index contributed by atoms with van der Waals surface area (Å²) in [5.41, 5.74) is 1.42. The Kier molecular flexibility index (Phi) is 7.44. The molecule has 1 amide bonds. The van der Waals surface area contributed by atoms with Crippen LogP contribution in [0.25, 0.3) is 0 Å². The topological polar surface area (TPSA) is 41.4 Å². The van der Waals surface area contributed by atoms with Crippen LogP contribution in [0.5, 0.6) is 0 Å². The standard InChI is InChI=1S/C26H38N4O/c1-21(2)26-27-12-17-30(26)19-24-8-13-28(14-9-24)20-25(31)29-15-10-23(11-16-29)18-22-6-4-3-5-7-22/h3-7,12,17,21,23-24H,8-11,13-16,18-20H2,1-2H3. The van der Waals surface area contributed by atoms with E-state index < -0.39 is 0 Å². The maximum absolute atomic E-state index is 12.9. The van der Waals surface area contributed by atoms with Gasteiger partial charge in [-0.3, -0.25) is 9.69 Å². The van der Waals surface area contributed by atoms with Crippen molar-refractivity contribution in [3.63, 3.8) is 0 Å². The zero-order valence-electron chi connectivity index (χ0n) is 19.2. The van der Waals surface area contributed by atoms with E-state index in [9.17, 15) is 4.79 Å². The van der Waals surface area contributed by atoms with Gasteiger partial charge in [-0.2, -0.15) is 0 Å². The molecule has 0 unspecified atom stereocenters. The van der Waals surface area contributed by atoms with Crippen molar-refractivity contribution in [2.75, 3.05) is 32.7 Å². The maximum Gasteiger partial charge on any atom is 0.236 e. The van der Waals surface area contributed by atoms with Gasteiger partial charge in [-0.25, -0.2) is 4.98 Å². The van der Waals surface area contributed by atoms with Crippen LogP contribution in [0.15, 0.2) is 42.7 Å². The summed E-state index contributed by atoms with van der Waals surface area (Å²) < 4.78 is 2.33. The van der Waals surface area contributed by atoms with E-state index in [1.807, 2.05) is 6.20 Å². The van der Waals surface area contributed by atoms with E-state index in [-0.39, 0.29) is 0 Å². The number of carbonyl (C=O) groups excluding carboxylic acids is 1. The van der Waals surface area contributed by atoms with Crippen molar-refractivity contribution in [3.8, 4) is 0 Å². The van der Waals surface area contributed by atoms with E-state index >= 15 is 0 Å². The van der Waals surface area contributed by atoms with Crippen molar-refractivity contribution in [2.24, 2.45) is 11.8 Å². The molecule has 168 valence electrons. The van der Waals surface area contributed by atoms with E-state index in [0.29, 0.717) is 30.2 Å². The molecule has 0 atom stereocenters. The Morgan fingerprint density at radius 3 is 2.35 bits per heavy atom. The quantitative estimate of drug-likeness (QED) is 0.671. The second kappa shape index (κ2) is 10.4. The summed E-state index contributed by atoms with van der Waals surface area (Å²) in [6.07, 6.45) is 9.78. The average molecular weight is 423 g/mol. The number of hydrogen-bond donors (Lipinski definition) is 0. The molecule has 0 spiro atoms.